The second-order valence-corrected chi connectivity index (χ2v) is 10.7. The molecule has 204 valence electrons. The number of aryl methyl sites for hydroxylation is 1. The Hall–Kier alpha value is -3.99. The molecule has 1 saturated carbocycles. The molecule has 39 heavy (non-hydrogen) atoms. The van der Waals surface area contributed by atoms with E-state index in [0.29, 0.717) is 17.3 Å². The maximum atomic E-state index is 13.9. The first-order valence-corrected chi connectivity index (χ1v) is 14.0. The Bertz CT molecular complexity index is 1380. The Morgan fingerprint density at radius 3 is 2.62 bits per heavy atom. The number of rotatable bonds is 10. The first-order chi connectivity index (χ1) is 19.0. The predicted octanol–water partition coefficient (Wildman–Crippen LogP) is 4.53. The Morgan fingerprint density at radius 1 is 1.15 bits per heavy atom. The van der Waals surface area contributed by atoms with Crippen molar-refractivity contribution in [2.45, 2.75) is 64.2 Å². The minimum atomic E-state index is -0.794. The third kappa shape index (κ3) is 6.54. The molecule has 0 aliphatic heterocycles. The number of hydrogen-bond donors (Lipinski definition) is 1. The number of nitrogens with one attached hydrogen (secondary N) is 1. The molecule has 1 atom stereocenters. The summed E-state index contributed by atoms with van der Waals surface area (Å²) in [6, 6.07) is 14.2. The van der Waals surface area contributed by atoms with Crippen LogP contribution in [0.1, 0.15) is 54.3 Å². The van der Waals surface area contributed by atoms with Crippen LogP contribution < -0.4 is 10.1 Å². The summed E-state index contributed by atoms with van der Waals surface area (Å²) in [6.45, 7) is 1.88. The molecular weight excluding hydrogens is 516 g/mol. The molecule has 1 aliphatic carbocycles. The highest BCUT2D eigenvalue weighted by molar-refractivity contribution is 7.10. The van der Waals surface area contributed by atoms with E-state index in [4.69, 9.17) is 9.15 Å². The molecule has 1 fully saturated rings. The lowest BCUT2D eigenvalue weighted by atomic mass is 9.95. The lowest BCUT2D eigenvalue weighted by Gasteiger charge is -2.32. The van der Waals surface area contributed by atoms with Crippen molar-refractivity contribution in [3.05, 3.63) is 70.1 Å². The fourth-order valence-corrected chi connectivity index (χ4v) is 5.66. The van der Waals surface area contributed by atoms with Crippen molar-refractivity contribution in [3.63, 3.8) is 0 Å². The number of carbonyl (C=O) groups excluding carboxylic acids is 2. The van der Waals surface area contributed by atoms with Gasteiger partial charge in [-0.15, -0.1) is 21.5 Å². The van der Waals surface area contributed by atoms with Crippen LogP contribution in [0.5, 0.6) is 5.75 Å². The molecule has 11 heteroatoms. The second kappa shape index (κ2) is 12.2. The van der Waals surface area contributed by atoms with E-state index >= 15 is 0 Å². The van der Waals surface area contributed by atoms with Crippen LogP contribution in [0.4, 0.5) is 0 Å². The number of hydrogen-bond acceptors (Lipinski definition) is 8. The van der Waals surface area contributed by atoms with Gasteiger partial charge in [0, 0.05) is 17.5 Å². The van der Waals surface area contributed by atoms with E-state index in [9.17, 15) is 9.59 Å². The summed E-state index contributed by atoms with van der Waals surface area (Å²) in [5.74, 6) is 1.74. The van der Waals surface area contributed by atoms with Gasteiger partial charge in [-0.05, 0) is 66.3 Å². The lowest BCUT2D eigenvalue weighted by molar-refractivity contribution is -0.142. The summed E-state index contributed by atoms with van der Waals surface area (Å²) < 4.78 is 10.9. The van der Waals surface area contributed by atoms with Gasteiger partial charge in [-0.1, -0.05) is 37.5 Å². The Kier molecular flexibility index (Phi) is 8.36. The van der Waals surface area contributed by atoms with Gasteiger partial charge in [0.2, 0.25) is 17.6 Å². The first kappa shape index (κ1) is 26.6. The normalized spacial score (nSPS) is 14.6. The minimum absolute atomic E-state index is 0.114. The third-order valence-electron chi connectivity index (χ3n) is 6.85. The molecule has 4 aromatic rings. The molecule has 0 bridgehead atoms. The van der Waals surface area contributed by atoms with Crippen LogP contribution in [0, 0.1) is 6.92 Å². The third-order valence-corrected chi connectivity index (χ3v) is 7.77. The second-order valence-electron chi connectivity index (χ2n) is 9.68. The summed E-state index contributed by atoms with van der Waals surface area (Å²) in [7, 11) is 1.61. The molecule has 0 radical (unpaired) electrons. The van der Waals surface area contributed by atoms with Crippen molar-refractivity contribution in [1.82, 2.24) is 30.4 Å². The molecule has 0 saturated heterocycles. The number of benzene rings is 1. The molecule has 10 nitrogen and oxygen atoms in total. The molecule has 2 amide bonds. The van der Waals surface area contributed by atoms with Gasteiger partial charge in [-0.3, -0.25) is 9.59 Å². The fourth-order valence-electron chi connectivity index (χ4n) is 4.82. The molecule has 1 N–H and O–H groups in total. The number of amides is 2. The van der Waals surface area contributed by atoms with Crippen LogP contribution in [-0.4, -0.2) is 50.1 Å². The van der Waals surface area contributed by atoms with E-state index in [1.165, 1.54) is 22.6 Å². The van der Waals surface area contributed by atoms with Crippen LogP contribution in [0.3, 0.4) is 0 Å². The summed E-state index contributed by atoms with van der Waals surface area (Å²) in [5.41, 5.74) is 0.870. The van der Waals surface area contributed by atoms with Crippen molar-refractivity contribution < 1.29 is 18.7 Å². The smallest absolute Gasteiger partial charge is 0.248 e. The number of carbonyl (C=O) groups is 2. The highest BCUT2D eigenvalue weighted by Gasteiger charge is 2.34. The molecule has 3 heterocycles. The molecule has 1 aliphatic rings. The van der Waals surface area contributed by atoms with Crippen molar-refractivity contribution in [2.24, 2.45) is 0 Å². The standard InChI is InChI=1S/C28H32N6O4S/c1-19-10-15-23(38-19)27-30-32-34(31-27)18-25(35)33(17-20-11-13-22(37-2)14-12-20)26(24-9-6-16-39-24)28(36)29-21-7-4-3-5-8-21/h6,9-16,21,26H,3-5,7-8,17-18H2,1-2H3,(H,29,36)/t26-/m1/s1. The quantitative estimate of drug-likeness (QED) is 0.310. The summed E-state index contributed by atoms with van der Waals surface area (Å²) in [6.07, 6.45) is 5.28. The average Bonchev–Trinajstić information content (AvgIpc) is 3.72. The maximum Gasteiger partial charge on any atom is 0.248 e. The summed E-state index contributed by atoms with van der Waals surface area (Å²) in [5, 5.41) is 17.6. The maximum absolute atomic E-state index is 13.9. The van der Waals surface area contributed by atoms with Crippen LogP contribution in [0.25, 0.3) is 11.6 Å². The number of aromatic nitrogens is 4. The van der Waals surface area contributed by atoms with Gasteiger partial charge in [0.25, 0.3) is 0 Å². The number of ether oxygens (including phenoxy) is 1. The van der Waals surface area contributed by atoms with Gasteiger partial charge in [0.05, 0.1) is 7.11 Å². The molecule has 0 unspecified atom stereocenters. The van der Waals surface area contributed by atoms with E-state index in [0.717, 1.165) is 41.9 Å². The molecule has 3 aromatic heterocycles. The SMILES string of the molecule is COc1ccc(CN(C(=O)Cn2nnc(-c3ccc(C)o3)n2)[C@@H](C(=O)NC2CCCCC2)c2cccs2)cc1. The fraction of sp³-hybridized carbons (Fsp3) is 0.393. The highest BCUT2D eigenvalue weighted by atomic mass is 32.1. The number of furan rings is 1. The van der Waals surface area contributed by atoms with E-state index in [1.807, 2.05) is 54.8 Å². The van der Waals surface area contributed by atoms with Crippen molar-refractivity contribution >= 4 is 23.2 Å². The van der Waals surface area contributed by atoms with E-state index in [-0.39, 0.29) is 30.9 Å². The number of nitrogens with zero attached hydrogens (tertiary/aromatic N) is 5. The van der Waals surface area contributed by atoms with Crippen molar-refractivity contribution in [3.8, 4) is 17.3 Å². The van der Waals surface area contributed by atoms with E-state index < -0.39 is 6.04 Å². The Morgan fingerprint density at radius 2 is 1.95 bits per heavy atom. The van der Waals surface area contributed by atoms with E-state index in [1.54, 1.807) is 18.1 Å². The lowest BCUT2D eigenvalue weighted by Crippen LogP contribution is -2.47. The first-order valence-electron chi connectivity index (χ1n) is 13.1. The van der Waals surface area contributed by atoms with Crippen LogP contribution in [-0.2, 0) is 22.7 Å². The minimum Gasteiger partial charge on any atom is -0.497 e. The van der Waals surface area contributed by atoms with Gasteiger partial charge < -0.3 is 19.4 Å². The van der Waals surface area contributed by atoms with Crippen molar-refractivity contribution in [2.75, 3.05) is 7.11 Å². The summed E-state index contributed by atoms with van der Waals surface area (Å²) >= 11 is 1.46. The Balaban J connectivity index is 1.43. The molecule has 5 rings (SSSR count). The van der Waals surface area contributed by atoms with Crippen LogP contribution >= 0.6 is 11.3 Å². The number of thiophene rings is 1. The van der Waals surface area contributed by atoms with E-state index in [2.05, 4.69) is 20.7 Å². The van der Waals surface area contributed by atoms with Crippen molar-refractivity contribution in [1.29, 1.82) is 0 Å². The van der Waals surface area contributed by atoms with Gasteiger partial charge in [0.15, 0.2) is 5.76 Å². The average molecular weight is 549 g/mol. The Labute approximate surface area is 231 Å². The zero-order valence-corrected chi connectivity index (χ0v) is 22.9. The zero-order chi connectivity index (χ0) is 27.2. The van der Waals surface area contributed by atoms with Gasteiger partial charge in [-0.25, -0.2) is 0 Å². The predicted molar refractivity (Wildman–Crippen MR) is 146 cm³/mol. The van der Waals surface area contributed by atoms with Crippen LogP contribution in [0.2, 0.25) is 0 Å². The van der Waals surface area contributed by atoms with Crippen LogP contribution in [0.15, 0.2) is 58.3 Å². The molecular formula is C28H32N6O4S. The van der Waals surface area contributed by atoms with Gasteiger partial charge in [0.1, 0.15) is 24.1 Å². The topological polar surface area (TPSA) is 115 Å². The zero-order valence-electron chi connectivity index (χ0n) is 22.1. The monoisotopic (exact) mass is 548 g/mol. The van der Waals surface area contributed by atoms with Gasteiger partial charge >= 0.3 is 0 Å². The van der Waals surface area contributed by atoms with Gasteiger partial charge in [-0.2, -0.15) is 4.80 Å². The number of methoxy groups -OCH3 is 1. The summed E-state index contributed by atoms with van der Waals surface area (Å²) in [4.78, 5) is 31.3. The largest absolute Gasteiger partial charge is 0.497 e. The molecule has 1 aromatic carbocycles. The molecule has 0 spiro atoms. The number of tetrazole rings is 1. The highest BCUT2D eigenvalue weighted by Crippen LogP contribution is 2.29.